The first-order chi connectivity index (χ1) is 16.9. The minimum Gasteiger partial charge on any atom is -0.507 e. The van der Waals surface area contributed by atoms with Crippen LogP contribution in [0.15, 0.2) is 46.5 Å². The molecule has 6 heteroatoms. The van der Waals surface area contributed by atoms with Crippen LogP contribution in [-0.4, -0.2) is 48.4 Å². The van der Waals surface area contributed by atoms with Gasteiger partial charge in [0.05, 0.1) is 22.7 Å². The smallest absolute Gasteiger partial charge is 0.182 e. The first-order valence-electron chi connectivity index (χ1n) is 12.8. The highest BCUT2D eigenvalue weighted by atomic mass is 79.9. The summed E-state index contributed by atoms with van der Waals surface area (Å²) in [6.45, 7) is 14.1. The maximum absolute atomic E-state index is 13.7. The molecule has 3 rings (SSSR count). The molecule has 0 aromatic heterocycles. The van der Waals surface area contributed by atoms with Gasteiger partial charge in [-0.2, -0.15) is 4.02 Å². The van der Waals surface area contributed by atoms with Crippen LogP contribution in [0.5, 0.6) is 5.75 Å². The van der Waals surface area contributed by atoms with Crippen molar-refractivity contribution in [2.75, 3.05) is 26.8 Å². The standard InChI is InChI=1S/C30H41BrN2O3/c1-29(2,3)23-16-22(17-24(27(23)35)30(4,5)6)25(34)19-33-18-21(14-11-15-36-7)26(28(33)32-31)20-12-9-8-10-13-20/h8-10,12-13,16-17,21,26,35H,11,14-15,18-19H2,1-7H3/t21-,26+/m0/s1. The summed E-state index contributed by atoms with van der Waals surface area (Å²) >= 11 is 3.37. The number of halogens is 1. The molecule has 2 aromatic rings. The van der Waals surface area contributed by atoms with Crippen LogP contribution in [-0.2, 0) is 15.6 Å². The average Bonchev–Trinajstić information content (AvgIpc) is 3.15. The van der Waals surface area contributed by atoms with Crippen molar-refractivity contribution in [3.8, 4) is 5.75 Å². The molecule has 0 spiro atoms. The summed E-state index contributed by atoms with van der Waals surface area (Å²) in [6, 6.07) is 14.2. The summed E-state index contributed by atoms with van der Waals surface area (Å²) in [6.07, 6.45) is 1.95. The second-order valence-electron chi connectivity index (χ2n) is 11.9. The number of rotatable bonds is 8. The van der Waals surface area contributed by atoms with E-state index in [-0.39, 0.29) is 34.8 Å². The van der Waals surface area contributed by atoms with E-state index in [2.05, 4.69) is 90.9 Å². The zero-order valence-electron chi connectivity index (χ0n) is 22.8. The molecule has 0 unspecified atom stereocenters. The summed E-state index contributed by atoms with van der Waals surface area (Å²) in [7, 11) is 1.73. The van der Waals surface area contributed by atoms with Crippen molar-refractivity contribution in [1.29, 1.82) is 0 Å². The Morgan fingerprint density at radius 3 is 2.17 bits per heavy atom. The molecule has 1 fully saturated rings. The molecule has 5 nitrogen and oxygen atoms in total. The molecule has 1 heterocycles. The Morgan fingerprint density at radius 2 is 1.67 bits per heavy atom. The highest BCUT2D eigenvalue weighted by Crippen LogP contribution is 2.41. The first-order valence-corrected chi connectivity index (χ1v) is 13.5. The lowest BCUT2D eigenvalue weighted by Gasteiger charge is -2.28. The molecule has 2 aromatic carbocycles. The van der Waals surface area contributed by atoms with Gasteiger partial charge in [0, 0.05) is 42.9 Å². The predicted molar refractivity (Wildman–Crippen MR) is 152 cm³/mol. The number of nitrogens with zero attached hydrogens (tertiary/aromatic N) is 2. The number of aromatic hydroxyl groups is 1. The number of ether oxygens (including phenoxy) is 1. The molecule has 2 atom stereocenters. The van der Waals surface area contributed by atoms with E-state index in [1.54, 1.807) is 7.11 Å². The van der Waals surface area contributed by atoms with Crippen molar-refractivity contribution in [3.63, 3.8) is 0 Å². The minimum atomic E-state index is -0.290. The summed E-state index contributed by atoms with van der Waals surface area (Å²) in [4.78, 5) is 15.8. The summed E-state index contributed by atoms with van der Waals surface area (Å²) < 4.78 is 9.82. The van der Waals surface area contributed by atoms with Gasteiger partial charge in [0.2, 0.25) is 0 Å². The fourth-order valence-corrected chi connectivity index (χ4v) is 5.62. The van der Waals surface area contributed by atoms with Crippen LogP contribution in [0.25, 0.3) is 0 Å². The van der Waals surface area contributed by atoms with Crippen LogP contribution in [0.4, 0.5) is 0 Å². The Kier molecular flexibility index (Phi) is 9.05. The third-order valence-corrected chi connectivity index (χ3v) is 7.44. The van der Waals surface area contributed by atoms with Gasteiger partial charge in [-0.1, -0.05) is 71.9 Å². The molecule has 1 aliphatic heterocycles. The fraction of sp³-hybridized carbons (Fsp3) is 0.533. The normalized spacial score (nSPS) is 19.8. The monoisotopic (exact) mass is 556 g/mol. The van der Waals surface area contributed by atoms with Gasteiger partial charge >= 0.3 is 0 Å². The SMILES string of the molecule is COCCC[C@H]1CN(CC(=O)c2cc(C(C)(C)C)c(O)c(C(C)(C)C)c2)C(=NBr)[C@@H]1c1ccccc1. The molecular formula is C30H41BrN2O3. The lowest BCUT2D eigenvalue weighted by atomic mass is 9.78. The van der Waals surface area contributed by atoms with Crippen molar-refractivity contribution >= 4 is 27.8 Å². The number of methoxy groups -OCH3 is 1. The van der Waals surface area contributed by atoms with Crippen molar-refractivity contribution in [3.05, 3.63) is 64.7 Å². The second-order valence-corrected chi connectivity index (χ2v) is 12.3. The van der Waals surface area contributed by atoms with Gasteiger partial charge in [0.25, 0.3) is 0 Å². The van der Waals surface area contributed by atoms with Gasteiger partial charge in [-0.15, -0.1) is 0 Å². The minimum absolute atomic E-state index is 0.0315. The van der Waals surface area contributed by atoms with E-state index >= 15 is 0 Å². The lowest BCUT2D eigenvalue weighted by molar-refractivity contribution is 0.0962. The number of Topliss-reactive ketones (excluding diaryl/α,β-unsaturated/α-hetero) is 1. The molecule has 1 aliphatic rings. The summed E-state index contributed by atoms with van der Waals surface area (Å²) in [5.41, 5.74) is 2.86. The van der Waals surface area contributed by atoms with Gasteiger partial charge in [-0.05, 0) is 47.3 Å². The Hall–Kier alpha value is -2.18. The Balaban J connectivity index is 1.95. The van der Waals surface area contributed by atoms with Crippen LogP contribution < -0.4 is 0 Å². The zero-order valence-corrected chi connectivity index (χ0v) is 24.4. The van der Waals surface area contributed by atoms with E-state index in [0.717, 1.165) is 43.0 Å². The summed E-state index contributed by atoms with van der Waals surface area (Å²) in [5.74, 6) is 1.66. The number of hydrogen-bond donors (Lipinski definition) is 1. The molecule has 196 valence electrons. The first kappa shape index (κ1) is 28.4. The van der Waals surface area contributed by atoms with Gasteiger partial charge in [-0.3, -0.25) is 4.79 Å². The highest BCUT2D eigenvalue weighted by molar-refractivity contribution is 9.08. The third-order valence-electron chi connectivity index (χ3n) is 7.08. The van der Waals surface area contributed by atoms with E-state index in [9.17, 15) is 9.90 Å². The molecule has 0 radical (unpaired) electrons. The van der Waals surface area contributed by atoms with Crippen molar-refractivity contribution < 1.29 is 14.6 Å². The van der Waals surface area contributed by atoms with Crippen molar-refractivity contribution in [2.45, 2.75) is 71.1 Å². The van der Waals surface area contributed by atoms with Gasteiger partial charge in [0.1, 0.15) is 11.6 Å². The molecule has 1 N–H and O–H groups in total. The van der Waals surface area contributed by atoms with E-state index in [0.29, 0.717) is 11.5 Å². The third kappa shape index (κ3) is 6.38. The zero-order chi connectivity index (χ0) is 26.7. The quantitative estimate of drug-likeness (QED) is 0.280. The van der Waals surface area contributed by atoms with E-state index in [1.807, 2.05) is 18.2 Å². The number of phenolic OH excluding ortho intramolecular Hbond substituents is 1. The number of ketones is 1. The van der Waals surface area contributed by atoms with Crippen LogP contribution >= 0.6 is 16.1 Å². The number of carbonyl (C=O) groups excluding carboxylic acids is 1. The fourth-order valence-electron chi connectivity index (χ4n) is 5.17. The number of amidine groups is 1. The molecule has 0 bridgehead atoms. The van der Waals surface area contributed by atoms with Gasteiger partial charge in [0.15, 0.2) is 5.78 Å². The second kappa shape index (κ2) is 11.5. The number of benzene rings is 2. The maximum Gasteiger partial charge on any atom is 0.182 e. The molecule has 0 amide bonds. The predicted octanol–water partition coefficient (Wildman–Crippen LogP) is 7.02. The van der Waals surface area contributed by atoms with E-state index < -0.39 is 0 Å². The van der Waals surface area contributed by atoms with Gasteiger partial charge < -0.3 is 14.7 Å². The Morgan fingerprint density at radius 1 is 1.08 bits per heavy atom. The number of hydrogen-bond acceptors (Lipinski definition) is 4. The van der Waals surface area contributed by atoms with Crippen LogP contribution in [0, 0.1) is 5.92 Å². The molecular weight excluding hydrogens is 516 g/mol. The number of phenols is 1. The Bertz CT molecular complexity index is 1050. The largest absolute Gasteiger partial charge is 0.507 e. The number of likely N-dealkylation sites (tertiary alicyclic amines) is 1. The average molecular weight is 558 g/mol. The number of carbonyl (C=O) groups is 1. The molecule has 1 saturated heterocycles. The van der Waals surface area contributed by atoms with E-state index in [1.165, 1.54) is 5.56 Å². The molecule has 0 aliphatic carbocycles. The Labute approximate surface area is 225 Å². The lowest BCUT2D eigenvalue weighted by Crippen LogP contribution is -2.32. The van der Waals surface area contributed by atoms with Crippen molar-refractivity contribution in [2.24, 2.45) is 9.94 Å². The van der Waals surface area contributed by atoms with Gasteiger partial charge in [-0.25, -0.2) is 0 Å². The van der Waals surface area contributed by atoms with E-state index in [4.69, 9.17) is 4.74 Å². The molecule has 0 saturated carbocycles. The summed E-state index contributed by atoms with van der Waals surface area (Å²) in [5, 5.41) is 11.1. The van der Waals surface area contributed by atoms with Crippen LogP contribution in [0.3, 0.4) is 0 Å². The van der Waals surface area contributed by atoms with Crippen molar-refractivity contribution in [1.82, 2.24) is 4.90 Å². The maximum atomic E-state index is 13.7. The highest BCUT2D eigenvalue weighted by Gasteiger charge is 2.40. The van der Waals surface area contributed by atoms with Crippen LogP contribution in [0.2, 0.25) is 0 Å². The molecule has 36 heavy (non-hydrogen) atoms. The topological polar surface area (TPSA) is 62.1 Å². The van der Waals surface area contributed by atoms with Crippen LogP contribution in [0.1, 0.15) is 87.4 Å².